The number of carbonyl (C=O) groups excluding carboxylic acids is 1. The Morgan fingerprint density at radius 1 is 1.50 bits per heavy atom. The molecule has 0 fully saturated rings. The van der Waals surface area contributed by atoms with Crippen molar-refractivity contribution >= 4 is 23.4 Å². The molecule has 0 spiro atoms. The molecular formula is C8H17N3O2S. The highest BCUT2D eigenvalue weighted by Gasteiger charge is 2.02. The Labute approximate surface area is 89.8 Å². The summed E-state index contributed by atoms with van der Waals surface area (Å²) in [5.74, 6) is 0. The van der Waals surface area contributed by atoms with Crippen LogP contribution in [0.5, 0.6) is 0 Å². The first-order valence-electron chi connectivity index (χ1n) is 4.42. The van der Waals surface area contributed by atoms with Gasteiger partial charge in [0, 0.05) is 13.1 Å². The minimum absolute atomic E-state index is 0.297. The Morgan fingerprint density at radius 3 is 2.64 bits per heavy atom. The summed E-state index contributed by atoms with van der Waals surface area (Å²) in [5, 5.41) is 5.57. The number of hydrogen-bond acceptors (Lipinski definition) is 4. The highest BCUT2D eigenvalue weighted by molar-refractivity contribution is 7.80. The molecule has 0 aliphatic heterocycles. The van der Waals surface area contributed by atoms with E-state index in [0.29, 0.717) is 18.3 Å². The number of carbonyl (C=O) groups is 1. The summed E-state index contributed by atoms with van der Waals surface area (Å²) in [5.41, 5.74) is 0. The van der Waals surface area contributed by atoms with Gasteiger partial charge < -0.3 is 15.0 Å². The van der Waals surface area contributed by atoms with Crippen LogP contribution < -0.4 is 10.6 Å². The predicted molar refractivity (Wildman–Crippen MR) is 59.3 cm³/mol. The molecule has 0 heterocycles. The van der Waals surface area contributed by atoms with Crippen molar-refractivity contribution in [3.8, 4) is 0 Å². The third-order valence-electron chi connectivity index (χ3n) is 1.34. The summed E-state index contributed by atoms with van der Waals surface area (Å²) in [4.78, 5) is 12.9. The van der Waals surface area contributed by atoms with E-state index in [1.165, 1.54) is 0 Å². The first-order valence-corrected chi connectivity index (χ1v) is 4.83. The average Bonchev–Trinajstić information content (AvgIpc) is 2.03. The Bertz CT molecular complexity index is 197. The molecule has 0 atom stereocenters. The van der Waals surface area contributed by atoms with E-state index in [1.807, 2.05) is 19.0 Å². The number of thiocarbonyl (C=S) groups is 1. The van der Waals surface area contributed by atoms with Crippen molar-refractivity contribution in [1.29, 1.82) is 0 Å². The van der Waals surface area contributed by atoms with Gasteiger partial charge in [0.2, 0.25) is 0 Å². The molecule has 0 aromatic rings. The molecule has 14 heavy (non-hydrogen) atoms. The lowest BCUT2D eigenvalue weighted by molar-refractivity contribution is 0.157. The van der Waals surface area contributed by atoms with Crippen LogP contribution in [0.25, 0.3) is 0 Å². The van der Waals surface area contributed by atoms with Gasteiger partial charge in [0.1, 0.15) is 0 Å². The van der Waals surface area contributed by atoms with Crippen molar-refractivity contribution < 1.29 is 9.53 Å². The summed E-state index contributed by atoms with van der Waals surface area (Å²) in [6.45, 7) is 3.62. The molecule has 1 amide bonds. The molecule has 82 valence electrons. The van der Waals surface area contributed by atoms with Gasteiger partial charge in [-0.1, -0.05) is 0 Å². The summed E-state index contributed by atoms with van der Waals surface area (Å²) >= 11 is 4.85. The first kappa shape index (κ1) is 13.1. The number of likely N-dealkylation sites (N-methyl/N-ethyl adjacent to an activating group) is 1. The number of hydrogen-bond donors (Lipinski definition) is 2. The van der Waals surface area contributed by atoms with Crippen LogP contribution in [-0.4, -0.2) is 49.9 Å². The van der Waals surface area contributed by atoms with Crippen LogP contribution in [0.3, 0.4) is 0 Å². The number of amides is 1. The van der Waals surface area contributed by atoms with Crippen LogP contribution >= 0.6 is 12.2 Å². The molecule has 0 radical (unpaired) electrons. The van der Waals surface area contributed by atoms with Crippen LogP contribution in [-0.2, 0) is 4.74 Å². The molecule has 0 rings (SSSR count). The lowest BCUT2D eigenvalue weighted by Gasteiger charge is -2.12. The fourth-order valence-electron chi connectivity index (χ4n) is 0.697. The summed E-state index contributed by atoms with van der Waals surface area (Å²) in [7, 11) is 3.92. The van der Waals surface area contributed by atoms with Gasteiger partial charge >= 0.3 is 6.09 Å². The van der Waals surface area contributed by atoms with Gasteiger partial charge in [-0.3, -0.25) is 5.32 Å². The van der Waals surface area contributed by atoms with Gasteiger partial charge in [-0.15, -0.1) is 0 Å². The van der Waals surface area contributed by atoms with Gasteiger partial charge in [0.25, 0.3) is 0 Å². The molecule has 0 saturated heterocycles. The number of rotatable bonds is 4. The third-order valence-corrected chi connectivity index (χ3v) is 1.58. The van der Waals surface area contributed by atoms with Crippen molar-refractivity contribution in [2.45, 2.75) is 6.92 Å². The fraction of sp³-hybridized carbons (Fsp3) is 0.750. The summed E-state index contributed by atoms with van der Waals surface area (Å²) in [6, 6.07) is 0. The molecule has 0 bridgehead atoms. The van der Waals surface area contributed by atoms with Gasteiger partial charge in [0.15, 0.2) is 5.11 Å². The first-order chi connectivity index (χ1) is 6.56. The maximum Gasteiger partial charge on any atom is 0.413 e. The largest absolute Gasteiger partial charge is 0.450 e. The third kappa shape index (κ3) is 7.75. The van der Waals surface area contributed by atoms with Gasteiger partial charge in [0.05, 0.1) is 6.61 Å². The molecule has 0 aromatic carbocycles. The Kier molecular flexibility index (Phi) is 7.04. The standard InChI is InChI=1S/C8H17N3O2S/c1-4-13-8(12)10-7(14)9-5-6-11(2)3/h4-6H2,1-3H3,(H2,9,10,12,14). The number of ether oxygens (including phenoxy) is 1. The number of alkyl carbamates (subject to hydrolysis) is 1. The summed E-state index contributed by atoms with van der Waals surface area (Å²) < 4.78 is 4.65. The highest BCUT2D eigenvalue weighted by atomic mass is 32.1. The Balaban J connectivity index is 3.50. The van der Waals surface area contributed by atoms with E-state index in [9.17, 15) is 4.79 Å². The average molecular weight is 219 g/mol. The zero-order valence-electron chi connectivity index (χ0n) is 8.79. The fourth-order valence-corrected chi connectivity index (χ4v) is 0.883. The molecule has 0 unspecified atom stereocenters. The van der Waals surface area contributed by atoms with Crippen LogP contribution in [0.15, 0.2) is 0 Å². The number of nitrogens with one attached hydrogen (secondary N) is 2. The topological polar surface area (TPSA) is 53.6 Å². The second kappa shape index (κ2) is 7.52. The zero-order chi connectivity index (χ0) is 11.0. The van der Waals surface area contributed by atoms with E-state index in [2.05, 4.69) is 15.4 Å². The molecule has 0 aliphatic rings. The van der Waals surface area contributed by atoms with Crippen molar-refractivity contribution in [1.82, 2.24) is 15.5 Å². The molecular weight excluding hydrogens is 202 g/mol. The van der Waals surface area contributed by atoms with Crippen LogP contribution in [0, 0.1) is 0 Å². The van der Waals surface area contributed by atoms with E-state index in [-0.39, 0.29) is 0 Å². The molecule has 0 aromatic heterocycles. The lowest BCUT2D eigenvalue weighted by Crippen LogP contribution is -2.41. The number of nitrogens with zero attached hydrogens (tertiary/aromatic N) is 1. The molecule has 0 saturated carbocycles. The zero-order valence-corrected chi connectivity index (χ0v) is 9.61. The van der Waals surface area contributed by atoms with Crippen molar-refractivity contribution in [3.05, 3.63) is 0 Å². The quantitative estimate of drug-likeness (QED) is 0.660. The SMILES string of the molecule is CCOC(=O)NC(=S)NCCN(C)C. The second-order valence-corrected chi connectivity index (χ2v) is 3.31. The maximum atomic E-state index is 10.9. The van der Waals surface area contributed by atoms with Crippen LogP contribution in [0.2, 0.25) is 0 Å². The van der Waals surface area contributed by atoms with Crippen molar-refractivity contribution in [2.75, 3.05) is 33.8 Å². The lowest BCUT2D eigenvalue weighted by atomic mass is 10.6. The monoisotopic (exact) mass is 219 g/mol. The smallest absolute Gasteiger partial charge is 0.413 e. The summed E-state index contributed by atoms with van der Waals surface area (Å²) in [6.07, 6.45) is -0.519. The van der Waals surface area contributed by atoms with E-state index >= 15 is 0 Å². The van der Waals surface area contributed by atoms with Crippen molar-refractivity contribution in [2.24, 2.45) is 0 Å². The Morgan fingerprint density at radius 2 is 2.14 bits per heavy atom. The van der Waals surface area contributed by atoms with Gasteiger partial charge in [-0.2, -0.15) is 0 Å². The minimum Gasteiger partial charge on any atom is -0.450 e. The predicted octanol–water partition coefficient (Wildman–Crippen LogP) is 0.169. The van der Waals surface area contributed by atoms with E-state index < -0.39 is 6.09 Å². The van der Waals surface area contributed by atoms with Gasteiger partial charge in [-0.05, 0) is 33.2 Å². The second-order valence-electron chi connectivity index (χ2n) is 2.90. The van der Waals surface area contributed by atoms with E-state index in [0.717, 1.165) is 6.54 Å². The molecule has 6 heteroatoms. The normalized spacial score (nSPS) is 9.71. The van der Waals surface area contributed by atoms with Crippen LogP contribution in [0.4, 0.5) is 4.79 Å². The minimum atomic E-state index is -0.519. The maximum absolute atomic E-state index is 10.9. The van der Waals surface area contributed by atoms with Crippen LogP contribution in [0.1, 0.15) is 6.92 Å². The molecule has 5 nitrogen and oxygen atoms in total. The highest BCUT2D eigenvalue weighted by Crippen LogP contribution is 1.77. The molecule has 0 aliphatic carbocycles. The van der Waals surface area contributed by atoms with E-state index in [1.54, 1.807) is 6.92 Å². The van der Waals surface area contributed by atoms with Gasteiger partial charge in [-0.25, -0.2) is 4.79 Å². The molecule has 2 N–H and O–H groups in total. The van der Waals surface area contributed by atoms with E-state index in [4.69, 9.17) is 12.2 Å². The Hall–Kier alpha value is -0.880. The van der Waals surface area contributed by atoms with Crippen molar-refractivity contribution in [3.63, 3.8) is 0 Å².